The quantitative estimate of drug-likeness (QED) is 0.614. The van der Waals surface area contributed by atoms with Gasteiger partial charge in [0.25, 0.3) is 0 Å². The van der Waals surface area contributed by atoms with Gasteiger partial charge in [-0.15, -0.1) is 0 Å². The second-order valence-corrected chi connectivity index (χ2v) is 5.07. The fourth-order valence-electron chi connectivity index (χ4n) is 1.91. The largest absolute Gasteiger partial charge is 0.236 e. The van der Waals surface area contributed by atoms with E-state index in [9.17, 15) is 0 Å². The highest BCUT2D eigenvalue weighted by Crippen LogP contribution is 2.28. The monoisotopic (exact) mass is 300 g/mol. The molecular weight excluding hydrogens is 291 g/mol. The molecule has 0 atom stereocenters. The fraction of sp³-hybridized carbons (Fsp3) is 0. The second-order valence-electron chi connectivity index (χ2n) is 4.27. The van der Waals surface area contributed by atoms with Crippen molar-refractivity contribution in [2.75, 3.05) is 0 Å². The molecule has 3 aromatic rings. The minimum absolute atomic E-state index is 0.432. The Hall–Kier alpha value is -1.90. The van der Waals surface area contributed by atoms with Crippen molar-refractivity contribution in [3.05, 3.63) is 71.0 Å². The van der Waals surface area contributed by atoms with Crippen LogP contribution in [0.3, 0.4) is 0 Å². The lowest BCUT2D eigenvalue weighted by atomic mass is 10.1. The standard InChI is InChI=1S/C16H10Cl2N2/c17-13-8-6-11(7-9-13)14-10-19-16(20-15(14)18)12-4-2-1-3-5-12/h1-10H. The van der Waals surface area contributed by atoms with E-state index >= 15 is 0 Å². The van der Waals surface area contributed by atoms with Crippen molar-refractivity contribution in [2.24, 2.45) is 0 Å². The summed E-state index contributed by atoms with van der Waals surface area (Å²) in [5.41, 5.74) is 2.68. The van der Waals surface area contributed by atoms with Gasteiger partial charge in [-0.3, -0.25) is 0 Å². The minimum atomic E-state index is 0.432. The van der Waals surface area contributed by atoms with Crippen molar-refractivity contribution < 1.29 is 0 Å². The molecule has 0 aliphatic rings. The first-order chi connectivity index (χ1) is 9.74. The van der Waals surface area contributed by atoms with Crippen LogP contribution in [0.1, 0.15) is 0 Å². The topological polar surface area (TPSA) is 25.8 Å². The van der Waals surface area contributed by atoms with Crippen LogP contribution in [0.25, 0.3) is 22.5 Å². The van der Waals surface area contributed by atoms with Crippen LogP contribution in [-0.2, 0) is 0 Å². The first-order valence-corrected chi connectivity index (χ1v) is 6.83. The lowest BCUT2D eigenvalue weighted by Gasteiger charge is -2.06. The molecule has 1 aromatic heterocycles. The van der Waals surface area contributed by atoms with Gasteiger partial charge in [0.1, 0.15) is 5.15 Å². The second kappa shape index (κ2) is 5.61. The van der Waals surface area contributed by atoms with Gasteiger partial charge in [0, 0.05) is 22.3 Å². The van der Waals surface area contributed by atoms with Gasteiger partial charge in [0.05, 0.1) is 0 Å². The maximum absolute atomic E-state index is 6.27. The number of rotatable bonds is 2. The van der Waals surface area contributed by atoms with Crippen molar-refractivity contribution in [1.82, 2.24) is 9.97 Å². The maximum atomic E-state index is 6.27. The summed E-state index contributed by atoms with van der Waals surface area (Å²) in [4.78, 5) is 8.74. The molecule has 3 rings (SSSR count). The smallest absolute Gasteiger partial charge is 0.160 e. The Morgan fingerprint density at radius 1 is 0.750 bits per heavy atom. The normalized spacial score (nSPS) is 10.5. The average molecular weight is 301 g/mol. The van der Waals surface area contributed by atoms with Gasteiger partial charge in [0.2, 0.25) is 0 Å². The summed E-state index contributed by atoms with van der Waals surface area (Å²) < 4.78 is 0. The Morgan fingerprint density at radius 2 is 1.45 bits per heavy atom. The van der Waals surface area contributed by atoms with Crippen molar-refractivity contribution in [3.63, 3.8) is 0 Å². The van der Waals surface area contributed by atoms with Gasteiger partial charge in [-0.1, -0.05) is 65.7 Å². The van der Waals surface area contributed by atoms with Crippen LogP contribution in [0.5, 0.6) is 0 Å². The van der Waals surface area contributed by atoms with Crippen molar-refractivity contribution in [1.29, 1.82) is 0 Å². The molecule has 0 fully saturated rings. The van der Waals surface area contributed by atoms with Gasteiger partial charge >= 0.3 is 0 Å². The number of benzene rings is 2. The molecule has 0 unspecified atom stereocenters. The van der Waals surface area contributed by atoms with Gasteiger partial charge in [0.15, 0.2) is 5.82 Å². The molecule has 0 saturated heterocycles. The predicted molar refractivity (Wildman–Crippen MR) is 82.9 cm³/mol. The molecule has 0 aliphatic heterocycles. The molecule has 0 N–H and O–H groups in total. The highest BCUT2D eigenvalue weighted by Gasteiger charge is 2.08. The third-order valence-electron chi connectivity index (χ3n) is 2.93. The van der Waals surface area contributed by atoms with Crippen LogP contribution >= 0.6 is 23.2 Å². The first kappa shape index (κ1) is 13.1. The van der Waals surface area contributed by atoms with E-state index in [0.717, 1.165) is 16.7 Å². The molecule has 0 bridgehead atoms. The van der Waals surface area contributed by atoms with Crippen LogP contribution in [0, 0.1) is 0 Å². The summed E-state index contributed by atoms with van der Waals surface area (Å²) in [5.74, 6) is 0.619. The first-order valence-electron chi connectivity index (χ1n) is 6.08. The Morgan fingerprint density at radius 3 is 2.10 bits per heavy atom. The lowest BCUT2D eigenvalue weighted by molar-refractivity contribution is 1.18. The third-order valence-corrected chi connectivity index (χ3v) is 3.47. The van der Waals surface area contributed by atoms with E-state index in [0.29, 0.717) is 16.0 Å². The summed E-state index contributed by atoms with van der Waals surface area (Å²) in [6, 6.07) is 17.2. The number of hydrogen-bond donors (Lipinski definition) is 0. The average Bonchev–Trinajstić information content (AvgIpc) is 2.49. The Labute approximate surface area is 127 Å². The Kier molecular flexibility index (Phi) is 3.68. The molecule has 4 heteroatoms. The summed E-state index contributed by atoms with van der Waals surface area (Å²) in [5, 5.41) is 1.12. The van der Waals surface area contributed by atoms with Crippen LogP contribution < -0.4 is 0 Å². The van der Waals surface area contributed by atoms with E-state index < -0.39 is 0 Å². The van der Waals surface area contributed by atoms with Crippen molar-refractivity contribution >= 4 is 23.2 Å². The number of halogens is 2. The van der Waals surface area contributed by atoms with E-state index in [1.807, 2.05) is 54.6 Å². The summed E-state index contributed by atoms with van der Waals surface area (Å²) in [6.45, 7) is 0. The fourth-order valence-corrected chi connectivity index (χ4v) is 2.27. The van der Waals surface area contributed by atoms with Crippen LogP contribution in [0.4, 0.5) is 0 Å². The SMILES string of the molecule is Clc1ccc(-c2cnc(-c3ccccc3)nc2Cl)cc1. The summed E-state index contributed by atoms with van der Waals surface area (Å²) in [7, 11) is 0. The van der Waals surface area contributed by atoms with E-state index in [1.165, 1.54) is 0 Å². The molecule has 0 spiro atoms. The number of nitrogens with zero attached hydrogens (tertiary/aromatic N) is 2. The zero-order valence-corrected chi connectivity index (χ0v) is 11.9. The van der Waals surface area contributed by atoms with E-state index in [4.69, 9.17) is 23.2 Å². The molecule has 98 valence electrons. The molecule has 0 saturated carbocycles. The van der Waals surface area contributed by atoms with Crippen LogP contribution in [0.2, 0.25) is 10.2 Å². The van der Waals surface area contributed by atoms with E-state index in [2.05, 4.69) is 9.97 Å². The molecule has 0 radical (unpaired) electrons. The van der Waals surface area contributed by atoms with Crippen molar-refractivity contribution in [3.8, 4) is 22.5 Å². The molecular formula is C16H10Cl2N2. The highest BCUT2D eigenvalue weighted by molar-refractivity contribution is 6.32. The van der Waals surface area contributed by atoms with Crippen LogP contribution in [0.15, 0.2) is 60.8 Å². The van der Waals surface area contributed by atoms with Crippen molar-refractivity contribution in [2.45, 2.75) is 0 Å². The number of aromatic nitrogens is 2. The molecule has 0 aliphatic carbocycles. The lowest BCUT2D eigenvalue weighted by Crippen LogP contribution is -1.92. The molecule has 2 aromatic carbocycles. The highest BCUT2D eigenvalue weighted by atomic mass is 35.5. The summed E-state index contributed by atoms with van der Waals surface area (Å²) in [6.07, 6.45) is 1.74. The maximum Gasteiger partial charge on any atom is 0.160 e. The molecule has 20 heavy (non-hydrogen) atoms. The Balaban J connectivity index is 2.02. The van der Waals surface area contributed by atoms with E-state index in [1.54, 1.807) is 6.20 Å². The zero-order valence-electron chi connectivity index (χ0n) is 10.4. The van der Waals surface area contributed by atoms with Gasteiger partial charge < -0.3 is 0 Å². The van der Waals surface area contributed by atoms with Gasteiger partial charge in [-0.25, -0.2) is 9.97 Å². The van der Waals surface area contributed by atoms with Gasteiger partial charge in [-0.05, 0) is 17.7 Å². The van der Waals surface area contributed by atoms with Crippen LogP contribution in [-0.4, -0.2) is 9.97 Å². The van der Waals surface area contributed by atoms with E-state index in [-0.39, 0.29) is 0 Å². The Bertz CT molecular complexity index is 725. The third kappa shape index (κ3) is 2.67. The predicted octanol–water partition coefficient (Wildman–Crippen LogP) is 5.12. The summed E-state index contributed by atoms with van der Waals surface area (Å²) >= 11 is 12.1. The molecule has 1 heterocycles. The molecule has 0 amide bonds. The minimum Gasteiger partial charge on any atom is -0.236 e. The van der Waals surface area contributed by atoms with Gasteiger partial charge in [-0.2, -0.15) is 0 Å². The number of hydrogen-bond acceptors (Lipinski definition) is 2. The molecule has 2 nitrogen and oxygen atoms in total. The zero-order chi connectivity index (χ0) is 13.9.